The third-order valence-corrected chi connectivity index (χ3v) is 17.0. The Morgan fingerprint density at radius 1 is 0.183 bits per heavy atom. The van der Waals surface area contributed by atoms with Crippen molar-refractivity contribution in [3.63, 3.8) is 0 Å². The molecule has 0 bridgehead atoms. The zero-order valence-corrected chi connectivity index (χ0v) is 46.7. The molecule has 4 heteroatoms. The fourth-order valence-electron chi connectivity index (χ4n) is 12.9. The minimum atomic E-state index is -0.155. The summed E-state index contributed by atoms with van der Waals surface area (Å²) in [6.45, 7) is 9.42. The molecular weight excluding hydrogens is 993 g/mol. The molecule has 0 saturated carbocycles. The number of hydrogen-bond donors (Lipinski definition) is 0. The summed E-state index contributed by atoms with van der Waals surface area (Å²) in [6.07, 6.45) is 0. The van der Waals surface area contributed by atoms with Gasteiger partial charge < -0.3 is 19.6 Å². The molecule has 0 atom stereocenters. The van der Waals surface area contributed by atoms with Crippen LogP contribution in [-0.2, 0) is 10.8 Å². The lowest BCUT2D eigenvalue weighted by Gasteiger charge is -2.30. The normalized spacial score (nSPS) is 13.1. The Morgan fingerprint density at radius 3 is 0.683 bits per heavy atom. The standard InChI is InChI=1S/C78H62N4/c1-77(2)73-31-19-17-29-69(73)71-51-49-67(53-75(71)77)81(60-27-15-8-16-28-60)61-37-33-55(34-38-61)56-35-39-62(40-36-56)82(68-50-52-72-70-30-18-20-32-74(70)78(3,4)76(72)54-68)66-47-45-65(46-48-66)80(59-25-13-7-14-26-59)64-43-41-63(42-44-64)79(57-21-9-5-10-22-57)58-23-11-6-12-24-58/h5-54H,1-4H3. The number of fused-ring (bicyclic) bond motifs is 6. The molecule has 12 aromatic carbocycles. The van der Waals surface area contributed by atoms with E-state index in [9.17, 15) is 0 Å². The minimum Gasteiger partial charge on any atom is -0.311 e. The molecule has 82 heavy (non-hydrogen) atoms. The van der Waals surface area contributed by atoms with E-state index < -0.39 is 0 Å². The van der Waals surface area contributed by atoms with Crippen LogP contribution in [0.25, 0.3) is 33.4 Å². The third-order valence-electron chi connectivity index (χ3n) is 17.0. The molecule has 0 aromatic heterocycles. The first-order valence-corrected chi connectivity index (χ1v) is 28.5. The van der Waals surface area contributed by atoms with Crippen LogP contribution in [0, 0.1) is 0 Å². The van der Waals surface area contributed by atoms with Crippen LogP contribution in [0.1, 0.15) is 49.9 Å². The van der Waals surface area contributed by atoms with Crippen LogP contribution in [-0.4, -0.2) is 0 Å². The Balaban J connectivity index is 0.808. The van der Waals surface area contributed by atoms with Crippen LogP contribution in [0.3, 0.4) is 0 Å². The molecule has 0 heterocycles. The summed E-state index contributed by atoms with van der Waals surface area (Å²) in [5, 5.41) is 0. The molecule has 4 nitrogen and oxygen atoms in total. The summed E-state index contributed by atoms with van der Waals surface area (Å²) in [4.78, 5) is 9.44. The summed E-state index contributed by atoms with van der Waals surface area (Å²) in [5.74, 6) is 0. The second kappa shape index (κ2) is 20.5. The van der Waals surface area contributed by atoms with Crippen molar-refractivity contribution < 1.29 is 0 Å². The maximum atomic E-state index is 2.42. The summed E-state index contributed by atoms with van der Waals surface area (Å²) < 4.78 is 0. The van der Waals surface area contributed by atoms with E-state index in [0.717, 1.165) is 79.4 Å². The monoisotopic (exact) mass is 1050 g/mol. The number of anilines is 12. The van der Waals surface area contributed by atoms with Gasteiger partial charge in [-0.15, -0.1) is 0 Å². The van der Waals surface area contributed by atoms with Gasteiger partial charge in [0.05, 0.1) is 0 Å². The van der Waals surface area contributed by atoms with E-state index in [0.29, 0.717) is 0 Å². The van der Waals surface area contributed by atoms with E-state index in [4.69, 9.17) is 0 Å². The fourth-order valence-corrected chi connectivity index (χ4v) is 12.9. The molecule has 2 aliphatic carbocycles. The highest BCUT2D eigenvalue weighted by Crippen LogP contribution is 2.53. The van der Waals surface area contributed by atoms with Crippen LogP contribution in [0.4, 0.5) is 68.2 Å². The Bertz CT molecular complexity index is 4190. The van der Waals surface area contributed by atoms with Gasteiger partial charge in [0.2, 0.25) is 0 Å². The molecule has 2 aliphatic rings. The van der Waals surface area contributed by atoms with Crippen LogP contribution in [0.15, 0.2) is 303 Å². The lowest BCUT2D eigenvalue weighted by atomic mass is 9.82. The van der Waals surface area contributed by atoms with E-state index in [1.165, 1.54) is 44.5 Å². The van der Waals surface area contributed by atoms with Crippen LogP contribution in [0.2, 0.25) is 0 Å². The topological polar surface area (TPSA) is 13.0 Å². The zero-order chi connectivity index (χ0) is 55.4. The Labute approximate surface area is 482 Å². The second-order valence-electron chi connectivity index (χ2n) is 22.6. The van der Waals surface area contributed by atoms with Crippen LogP contribution < -0.4 is 19.6 Å². The van der Waals surface area contributed by atoms with Gasteiger partial charge in [0.1, 0.15) is 0 Å². The first-order valence-electron chi connectivity index (χ1n) is 28.5. The van der Waals surface area contributed by atoms with Crippen molar-refractivity contribution in [1.29, 1.82) is 0 Å². The molecule has 12 aromatic rings. The number of rotatable bonds is 13. The Kier molecular flexibility index (Phi) is 12.5. The van der Waals surface area contributed by atoms with Crippen LogP contribution in [0.5, 0.6) is 0 Å². The molecule has 14 rings (SSSR count). The molecule has 0 unspecified atom stereocenters. The number of nitrogens with zero attached hydrogens (tertiary/aromatic N) is 4. The summed E-state index contributed by atoms with van der Waals surface area (Å²) in [7, 11) is 0. The van der Waals surface area contributed by atoms with E-state index in [1.54, 1.807) is 0 Å². The average Bonchev–Trinajstić information content (AvgIpc) is 4.15. The molecular formula is C78H62N4. The first-order chi connectivity index (χ1) is 40.2. The summed E-state index contributed by atoms with van der Waals surface area (Å²) in [6, 6.07) is 110. The smallest absolute Gasteiger partial charge is 0.0465 e. The van der Waals surface area contributed by atoms with E-state index >= 15 is 0 Å². The van der Waals surface area contributed by atoms with Gasteiger partial charge in [0.15, 0.2) is 0 Å². The minimum absolute atomic E-state index is 0.101. The van der Waals surface area contributed by atoms with Crippen molar-refractivity contribution in [1.82, 2.24) is 0 Å². The van der Waals surface area contributed by atoms with E-state index in [-0.39, 0.29) is 10.8 Å². The Morgan fingerprint density at radius 2 is 0.390 bits per heavy atom. The van der Waals surface area contributed by atoms with Crippen molar-refractivity contribution in [3.05, 3.63) is 326 Å². The van der Waals surface area contributed by atoms with Crippen molar-refractivity contribution in [2.45, 2.75) is 38.5 Å². The third kappa shape index (κ3) is 8.81. The van der Waals surface area contributed by atoms with Crippen molar-refractivity contribution in [2.24, 2.45) is 0 Å². The average molecular weight is 1060 g/mol. The van der Waals surface area contributed by atoms with Crippen molar-refractivity contribution >= 4 is 68.2 Å². The highest BCUT2D eigenvalue weighted by Gasteiger charge is 2.37. The summed E-state index contributed by atoms with van der Waals surface area (Å²) in [5.41, 5.74) is 25.9. The van der Waals surface area contributed by atoms with E-state index in [1.807, 2.05) is 0 Å². The second-order valence-corrected chi connectivity index (χ2v) is 22.6. The molecule has 0 saturated heterocycles. The quantitative estimate of drug-likeness (QED) is 0.114. The van der Waals surface area contributed by atoms with Gasteiger partial charge in [-0.2, -0.15) is 0 Å². The predicted molar refractivity (Wildman–Crippen MR) is 346 cm³/mol. The van der Waals surface area contributed by atoms with Gasteiger partial charge in [-0.1, -0.05) is 185 Å². The van der Waals surface area contributed by atoms with Gasteiger partial charge >= 0.3 is 0 Å². The number of benzene rings is 12. The number of hydrogen-bond acceptors (Lipinski definition) is 4. The molecule has 0 amide bonds. The predicted octanol–water partition coefficient (Wildman–Crippen LogP) is 21.8. The van der Waals surface area contributed by atoms with Gasteiger partial charge in [-0.25, -0.2) is 0 Å². The highest BCUT2D eigenvalue weighted by atomic mass is 15.2. The molecule has 394 valence electrons. The SMILES string of the molecule is CC1(C)c2ccccc2-c2ccc(N(c3ccccc3)c3ccc(-c4ccc(N(c5ccc(N(c6ccccc6)c6ccc(N(c7ccccc7)c7ccccc7)cc6)cc5)c5ccc6c(c5)C(C)(C)c5ccccc5-6)cc4)cc3)cc21. The van der Waals surface area contributed by atoms with Crippen molar-refractivity contribution in [3.8, 4) is 33.4 Å². The number of para-hydroxylation sites is 4. The van der Waals surface area contributed by atoms with Gasteiger partial charge in [-0.3, -0.25) is 0 Å². The lowest BCUT2D eigenvalue weighted by molar-refractivity contribution is 0.660. The summed E-state index contributed by atoms with van der Waals surface area (Å²) >= 11 is 0. The van der Waals surface area contributed by atoms with E-state index in [2.05, 4.69) is 351 Å². The largest absolute Gasteiger partial charge is 0.311 e. The highest BCUT2D eigenvalue weighted by molar-refractivity contribution is 5.89. The molecule has 0 aliphatic heterocycles. The zero-order valence-electron chi connectivity index (χ0n) is 46.7. The maximum Gasteiger partial charge on any atom is 0.0465 e. The van der Waals surface area contributed by atoms with Gasteiger partial charge in [0, 0.05) is 79.1 Å². The Hall–Kier alpha value is -10.2. The fraction of sp³-hybridized carbons (Fsp3) is 0.0769. The molecule has 0 spiro atoms. The van der Waals surface area contributed by atoms with Crippen molar-refractivity contribution in [2.75, 3.05) is 19.6 Å². The lowest BCUT2D eigenvalue weighted by Crippen LogP contribution is -2.16. The first kappa shape index (κ1) is 50.1. The van der Waals surface area contributed by atoms with Gasteiger partial charge in [0.25, 0.3) is 0 Å². The maximum absolute atomic E-state index is 2.42. The molecule has 0 radical (unpaired) electrons. The molecule has 0 N–H and O–H groups in total. The van der Waals surface area contributed by atoms with Gasteiger partial charge in [-0.05, 0) is 201 Å². The molecule has 0 fully saturated rings. The van der Waals surface area contributed by atoms with Crippen LogP contribution >= 0.6 is 0 Å².